The van der Waals surface area contributed by atoms with Crippen LogP contribution in [0.5, 0.6) is 0 Å². The number of nitrogens with zero attached hydrogens (tertiary/aromatic N) is 1. The van der Waals surface area contributed by atoms with Crippen molar-refractivity contribution < 1.29 is 4.79 Å². The van der Waals surface area contributed by atoms with E-state index >= 15 is 0 Å². The summed E-state index contributed by atoms with van der Waals surface area (Å²) in [6.07, 6.45) is 11.8. The summed E-state index contributed by atoms with van der Waals surface area (Å²) in [4.78, 5) is 13.9. The summed E-state index contributed by atoms with van der Waals surface area (Å²) >= 11 is 0. The van der Waals surface area contributed by atoms with Gasteiger partial charge in [-0.05, 0) is 32.1 Å². The molecule has 3 nitrogen and oxygen atoms in total. The van der Waals surface area contributed by atoms with Gasteiger partial charge in [0.2, 0.25) is 5.91 Å². The van der Waals surface area contributed by atoms with E-state index < -0.39 is 0 Å². The monoisotopic (exact) mass is 222 g/mol. The molecule has 1 saturated heterocycles. The minimum atomic E-state index is 0.257. The first-order chi connectivity index (χ1) is 7.79. The van der Waals surface area contributed by atoms with Gasteiger partial charge in [0.25, 0.3) is 0 Å². The van der Waals surface area contributed by atoms with Gasteiger partial charge in [-0.25, -0.2) is 0 Å². The second-order valence-corrected chi connectivity index (χ2v) is 4.38. The van der Waals surface area contributed by atoms with Gasteiger partial charge in [-0.15, -0.1) is 12.3 Å². The van der Waals surface area contributed by atoms with Gasteiger partial charge in [0.15, 0.2) is 0 Å². The molecule has 1 unspecified atom stereocenters. The molecule has 0 aromatic carbocycles. The summed E-state index contributed by atoms with van der Waals surface area (Å²) in [5.41, 5.74) is 5.69. The van der Waals surface area contributed by atoms with Crippen molar-refractivity contribution in [2.45, 2.75) is 51.0 Å². The number of likely N-dealkylation sites (tertiary alicyclic amines) is 1. The van der Waals surface area contributed by atoms with Gasteiger partial charge in [0.05, 0.1) is 0 Å². The fourth-order valence-corrected chi connectivity index (χ4v) is 2.22. The maximum absolute atomic E-state index is 11.9. The van der Waals surface area contributed by atoms with Crippen molar-refractivity contribution in [3.05, 3.63) is 0 Å². The molecule has 3 heteroatoms. The van der Waals surface area contributed by atoms with E-state index in [1.165, 1.54) is 6.42 Å². The maximum Gasteiger partial charge on any atom is 0.222 e. The molecule has 0 aromatic rings. The van der Waals surface area contributed by atoms with Crippen molar-refractivity contribution >= 4 is 5.91 Å². The number of terminal acetylenes is 1. The summed E-state index contributed by atoms with van der Waals surface area (Å²) in [5.74, 6) is 2.85. The van der Waals surface area contributed by atoms with Crippen LogP contribution in [0.25, 0.3) is 0 Å². The summed E-state index contributed by atoms with van der Waals surface area (Å²) < 4.78 is 0. The van der Waals surface area contributed by atoms with Crippen molar-refractivity contribution in [3.63, 3.8) is 0 Å². The van der Waals surface area contributed by atoms with E-state index in [-0.39, 0.29) is 11.9 Å². The molecule has 90 valence electrons. The number of hydrogen-bond donors (Lipinski definition) is 1. The van der Waals surface area contributed by atoms with E-state index in [1.807, 2.05) is 4.90 Å². The third-order valence-electron chi connectivity index (χ3n) is 3.18. The van der Waals surface area contributed by atoms with E-state index in [0.717, 1.165) is 38.6 Å². The Kier molecular flexibility index (Phi) is 5.95. The van der Waals surface area contributed by atoms with Crippen molar-refractivity contribution in [2.75, 3.05) is 13.1 Å². The van der Waals surface area contributed by atoms with Gasteiger partial charge < -0.3 is 10.6 Å². The van der Waals surface area contributed by atoms with Gasteiger partial charge in [-0.2, -0.15) is 0 Å². The lowest BCUT2D eigenvalue weighted by molar-refractivity contribution is -0.134. The standard InChI is InChI=1S/C13H22N2O/c1-2-3-4-5-9-13(16)15-10-7-6-8-12(15)11-14/h1,12H,3-11,14H2. The molecule has 0 saturated carbocycles. The molecular formula is C13H22N2O. The van der Waals surface area contributed by atoms with Crippen LogP contribution in [-0.2, 0) is 4.79 Å². The van der Waals surface area contributed by atoms with Crippen LogP contribution in [0.4, 0.5) is 0 Å². The Morgan fingerprint density at radius 2 is 2.25 bits per heavy atom. The quantitative estimate of drug-likeness (QED) is 0.566. The molecule has 1 fully saturated rings. The molecule has 0 spiro atoms. The predicted molar refractivity (Wildman–Crippen MR) is 65.7 cm³/mol. The molecule has 1 amide bonds. The van der Waals surface area contributed by atoms with Crippen LogP contribution in [0.15, 0.2) is 0 Å². The smallest absolute Gasteiger partial charge is 0.222 e. The molecule has 0 radical (unpaired) electrons. The SMILES string of the molecule is C#CCCCCC(=O)N1CCCCC1CN. The lowest BCUT2D eigenvalue weighted by Gasteiger charge is -2.35. The van der Waals surface area contributed by atoms with Crippen molar-refractivity contribution in [2.24, 2.45) is 5.73 Å². The van der Waals surface area contributed by atoms with Crippen LogP contribution in [0.2, 0.25) is 0 Å². The van der Waals surface area contributed by atoms with Crippen LogP contribution >= 0.6 is 0 Å². The summed E-state index contributed by atoms with van der Waals surface area (Å²) in [6, 6.07) is 0.272. The fraction of sp³-hybridized carbons (Fsp3) is 0.769. The average Bonchev–Trinajstić information content (AvgIpc) is 2.34. The highest BCUT2D eigenvalue weighted by Crippen LogP contribution is 2.17. The average molecular weight is 222 g/mol. The molecule has 0 aromatic heterocycles. The van der Waals surface area contributed by atoms with Crippen LogP contribution in [0, 0.1) is 12.3 Å². The molecule has 0 bridgehead atoms. The van der Waals surface area contributed by atoms with Crippen LogP contribution in [-0.4, -0.2) is 29.9 Å². The van der Waals surface area contributed by atoms with Crippen LogP contribution in [0.3, 0.4) is 0 Å². The van der Waals surface area contributed by atoms with Gasteiger partial charge in [0.1, 0.15) is 0 Å². The topological polar surface area (TPSA) is 46.3 Å². The lowest BCUT2D eigenvalue weighted by atomic mass is 10.0. The molecule has 1 atom stereocenters. The van der Waals surface area contributed by atoms with E-state index in [0.29, 0.717) is 13.0 Å². The highest BCUT2D eigenvalue weighted by Gasteiger charge is 2.24. The Hall–Kier alpha value is -1.01. The highest BCUT2D eigenvalue weighted by molar-refractivity contribution is 5.76. The maximum atomic E-state index is 11.9. The van der Waals surface area contributed by atoms with Crippen molar-refractivity contribution in [1.82, 2.24) is 4.90 Å². The molecule has 2 N–H and O–H groups in total. The zero-order valence-electron chi connectivity index (χ0n) is 9.95. The first-order valence-electron chi connectivity index (χ1n) is 6.22. The Morgan fingerprint density at radius 3 is 2.94 bits per heavy atom. The Labute approximate surface area is 98.4 Å². The second-order valence-electron chi connectivity index (χ2n) is 4.38. The second kappa shape index (κ2) is 7.29. The number of unbranched alkanes of at least 4 members (excludes halogenated alkanes) is 2. The van der Waals surface area contributed by atoms with E-state index in [2.05, 4.69) is 5.92 Å². The fourth-order valence-electron chi connectivity index (χ4n) is 2.22. The van der Waals surface area contributed by atoms with Crippen LogP contribution < -0.4 is 5.73 Å². The first-order valence-corrected chi connectivity index (χ1v) is 6.22. The van der Waals surface area contributed by atoms with Gasteiger partial charge in [-0.3, -0.25) is 4.79 Å². The molecule has 0 aliphatic carbocycles. The normalized spacial score (nSPS) is 20.5. The number of amides is 1. The van der Waals surface area contributed by atoms with Crippen molar-refractivity contribution in [3.8, 4) is 12.3 Å². The minimum absolute atomic E-state index is 0.257. The molecule has 1 aliphatic rings. The summed E-state index contributed by atoms with van der Waals surface area (Å²) in [6.45, 7) is 1.48. The van der Waals surface area contributed by atoms with Gasteiger partial charge in [0, 0.05) is 32.0 Å². The number of nitrogens with two attached hydrogens (primary N) is 1. The Morgan fingerprint density at radius 1 is 1.44 bits per heavy atom. The Bertz CT molecular complexity index is 257. The van der Waals surface area contributed by atoms with Crippen molar-refractivity contribution in [1.29, 1.82) is 0 Å². The number of rotatable bonds is 5. The largest absolute Gasteiger partial charge is 0.338 e. The number of carbonyl (C=O) groups excluding carboxylic acids is 1. The zero-order valence-corrected chi connectivity index (χ0v) is 9.95. The molecule has 16 heavy (non-hydrogen) atoms. The number of hydrogen-bond acceptors (Lipinski definition) is 2. The molecular weight excluding hydrogens is 200 g/mol. The third kappa shape index (κ3) is 3.86. The van der Waals surface area contributed by atoms with E-state index in [1.54, 1.807) is 0 Å². The van der Waals surface area contributed by atoms with Gasteiger partial charge in [-0.1, -0.05) is 0 Å². The first kappa shape index (κ1) is 13.1. The highest BCUT2D eigenvalue weighted by atomic mass is 16.2. The molecule has 1 heterocycles. The number of carbonyl (C=O) groups is 1. The molecule has 1 aliphatic heterocycles. The minimum Gasteiger partial charge on any atom is -0.338 e. The molecule has 1 rings (SSSR count). The predicted octanol–water partition coefficient (Wildman–Crippen LogP) is 1.52. The van der Waals surface area contributed by atoms with E-state index in [9.17, 15) is 4.79 Å². The zero-order chi connectivity index (χ0) is 11.8. The van der Waals surface area contributed by atoms with Gasteiger partial charge >= 0.3 is 0 Å². The van der Waals surface area contributed by atoms with E-state index in [4.69, 9.17) is 12.2 Å². The Balaban J connectivity index is 2.30. The lowest BCUT2D eigenvalue weighted by Crippen LogP contribution is -2.47. The van der Waals surface area contributed by atoms with Crippen LogP contribution in [0.1, 0.15) is 44.9 Å². The summed E-state index contributed by atoms with van der Waals surface area (Å²) in [7, 11) is 0. The third-order valence-corrected chi connectivity index (χ3v) is 3.18. The summed E-state index contributed by atoms with van der Waals surface area (Å²) in [5, 5.41) is 0. The number of piperidine rings is 1.